The molecule has 0 saturated heterocycles. The lowest BCUT2D eigenvalue weighted by Crippen LogP contribution is -2.31. The lowest BCUT2D eigenvalue weighted by Gasteiger charge is -2.14. The van der Waals surface area contributed by atoms with Crippen LogP contribution in [-0.2, 0) is 16.1 Å². The Morgan fingerprint density at radius 1 is 0.968 bits per heavy atom. The van der Waals surface area contributed by atoms with Crippen LogP contribution in [0.4, 0.5) is 5.69 Å². The smallest absolute Gasteiger partial charge is 0.278 e. The first-order valence-corrected chi connectivity index (χ1v) is 9.88. The molecule has 0 fully saturated rings. The molecule has 1 N–H and O–H groups in total. The summed E-state index contributed by atoms with van der Waals surface area (Å²) in [7, 11) is 1.57. The fourth-order valence-corrected chi connectivity index (χ4v) is 3.39. The van der Waals surface area contributed by atoms with Crippen LogP contribution in [0.5, 0.6) is 11.5 Å². The third-order valence-corrected chi connectivity index (χ3v) is 4.86. The summed E-state index contributed by atoms with van der Waals surface area (Å²) >= 11 is 0. The number of methoxy groups -OCH3 is 1. The van der Waals surface area contributed by atoms with Gasteiger partial charge in [0, 0.05) is 11.8 Å². The Hall–Kier alpha value is -4.00. The molecule has 7 nitrogen and oxygen atoms in total. The average Bonchev–Trinajstić information content (AvgIpc) is 3.37. The van der Waals surface area contributed by atoms with Gasteiger partial charge in [-0.05, 0) is 48.9 Å². The van der Waals surface area contributed by atoms with Crippen molar-refractivity contribution < 1.29 is 23.5 Å². The third kappa shape index (κ3) is 4.16. The van der Waals surface area contributed by atoms with Gasteiger partial charge in [0.1, 0.15) is 23.0 Å². The fraction of sp³-hybridized carbons (Fsp3) is 0.167. The van der Waals surface area contributed by atoms with Gasteiger partial charge < -0.3 is 19.2 Å². The standard InChI is InChI=1S/C24H22N2O5/c1-3-30-19-7-4-6-17(14-19)25-22-21(16-9-11-18(29-2)12-10-16)23(27)26(24(22)28)15-20-8-5-13-31-20/h4-14,25H,3,15H2,1-2H3. The predicted octanol–water partition coefficient (Wildman–Crippen LogP) is 4.08. The Morgan fingerprint density at radius 3 is 2.45 bits per heavy atom. The van der Waals surface area contributed by atoms with Crippen molar-refractivity contribution in [3.63, 3.8) is 0 Å². The number of anilines is 1. The molecule has 3 aromatic rings. The Labute approximate surface area is 179 Å². The molecular weight excluding hydrogens is 396 g/mol. The largest absolute Gasteiger partial charge is 0.497 e. The first-order chi connectivity index (χ1) is 15.1. The molecule has 2 amide bonds. The van der Waals surface area contributed by atoms with Crippen molar-refractivity contribution in [2.75, 3.05) is 19.0 Å². The van der Waals surface area contributed by atoms with Gasteiger partial charge in [0.2, 0.25) is 0 Å². The minimum atomic E-state index is -0.422. The number of benzene rings is 2. The number of nitrogens with zero attached hydrogens (tertiary/aromatic N) is 1. The molecule has 7 heteroatoms. The molecule has 1 aliphatic rings. The molecule has 158 valence electrons. The summed E-state index contributed by atoms with van der Waals surface area (Å²) in [5.74, 6) is 1.04. The molecule has 0 saturated carbocycles. The van der Waals surface area contributed by atoms with Crippen LogP contribution in [0.3, 0.4) is 0 Å². The van der Waals surface area contributed by atoms with E-state index in [9.17, 15) is 9.59 Å². The molecule has 1 aromatic heterocycles. The van der Waals surface area contributed by atoms with Crippen molar-refractivity contribution in [2.24, 2.45) is 0 Å². The summed E-state index contributed by atoms with van der Waals surface area (Å²) in [6, 6.07) is 17.7. The van der Waals surface area contributed by atoms with Crippen molar-refractivity contribution in [3.05, 3.63) is 83.9 Å². The molecule has 0 atom stereocenters. The second-order valence-corrected chi connectivity index (χ2v) is 6.84. The Balaban J connectivity index is 1.72. The third-order valence-electron chi connectivity index (χ3n) is 4.86. The molecular formula is C24H22N2O5. The van der Waals surface area contributed by atoms with E-state index in [0.717, 1.165) is 0 Å². The van der Waals surface area contributed by atoms with Gasteiger partial charge in [-0.15, -0.1) is 0 Å². The van der Waals surface area contributed by atoms with Gasteiger partial charge in [-0.25, -0.2) is 0 Å². The van der Waals surface area contributed by atoms with Crippen LogP contribution in [0.15, 0.2) is 77.0 Å². The minimum absolute atomic E-state index is 0.0501. The second-order valence-electron chi connectivity index (χ2n) is 6.84. The van der Waals surface area contributed by atoms with E-state index in [-0.39, 0.29) is 12.2 Å². The van der Waals surface area contributed by atoms with Gasteiger partial charge in [-0.1, -0.05) is 18.2 Å². The Morgan fingerprint density at radius 2 is 1.77 bits per heavy atom. The van der Waals surface area contributed by atoms with E-state index in [1.54, 1.807) is 49.6 Å². The SMILES string of the molecule is CCOc1cccc(NC2=C(c3ccc(OC)cc3)C(=O)N(Cc3ccco3)C2=O)c1. The molecule has 0 spiro atoms. The topological polar surface area (TPSA) is 81.0 Å². The monoisotopic (exact) mass is 418 g/mol. The highest BCUT2D eigenvalue weighted by Crippen LogP contribution is 2.33. The number of ether oxygens (including phenoxy) is 2. The number of nitrogens with one attached hydrogen (secondary N) is 1. The van der Waals surface area contributed by atoms with Crippen LogP contribution in [0.2, 0.25) is 0 Å². The average molecular weight is 418 g/mol. The lowest BCUT2D eigenvalue weighted by molar-refractivity contribution is -0.137. The first-order valence-electron chi connectivity index (χ1n) is 9.88. The quantitative estimate of drug-likeness (QED) is 0.555. The summed E-state index contributed by atoms with van der Waals surface area (Å²) < 4.78 is 16.1. The summed E-state index contributed by atoms with van der Waals surface area (Å²) in [6.45, 7) is 2.47. The molecule has 0 aliphatic carbocycles. The highest BCUT2D eigenvalue weighted by molar-refractivity contribution is 6.36. The maximum Gasteiger partial charge on any atom is 0.278 e. The van der Waals surface area contributed by atoms with Crippen molar-refractivity contribution in [3.8, 4) is 11.5 Å². The van der Waals surface area contributed by atoms with Crippen LogP contribution >= 0.6 is 0 Å². The molecule has 0 radical (unpaired) electrons. The number of amides is 2. The molecule has 2 heterocycles. The van der Waals surface area contributed by atoms with Crippen LogP contribution in [0.25, 0.3) is 5.57 Å². The summed E-state index contributed by atoms with van der Waals surface area (Å²) in [5.41, 5.74) is 1.76. The van der Waals surface area contributed by atoms with Crippen LogP contribution in [0.1, 0.15) is 18.2 Å². The molecule has 2 aromatic carbocycles. The number of furan rings is 1. The number of carbonyl (C=O) groups excluding carboxylic acids is 2. The molecule has 0 unspecified atom stereocenters. The highest BCUT2D eigenvalue weighted by atomic mass is 16.5. The van der Waals surface area contributed by atoms with E-state index >= 15 is 0 Å². The van der Waals surface area contributed by atoms with Crippen molar-refractivity contribution >= 4 is 23.1 Å². The summed E-state index contributed by atoms with van der Waals surface area (Å²) in [5, 5.41) is 3.13. The van der Waals surface area contributed by atoms with Gasteiger partial charge in [-0.3, -0.25) is 14.5 Å². The number of hydrogen-bond donors (Lipinski definition) is 1. The van der Waals surface area contributed by atoms with E-state index in [1.807, 2.05) is 25.1 Å². The highest BCUT2D eigenvalue weighted by Gasteiger charge is 2.39. The molecule has 4 rings (SSSR count). The number of hydrogen-bond acceptors (Lipinski definition) is 6. The summed E-state index contributed by atoms with van der Waals surface area (Å²) in [4.78, 5) is 27.7. The summed E-state index contributed by atoms with van der Waals surface area (Å²) in [6.07, 6.45) is 1.51. The van der Waals surface area contributed by atoms with Gasteiger partial charge in [0.05, 0.1) is 32.1 Å². The Kier molecular flexibility index (Phi) is 5.75. The molecule has 31 heavy (non-hydrogen) atoms. The number of carbonyl (C=O) groups is 2. The van der Waals surface area contributed by atoms with E-state index in [1.165, 1.54) is 11.2 Å². The lowest BCUT2D eigenvalue weighted by atomic mass is 10.0. The zero-order chi connectivity index (χ0) is 21.8. The maximum absolute atomic E-state index is 13.3. The number of imide groups is 1. The van der Waals surface area contributed by atoms with Crippen LogP contribution in [-0.4, -0.2) is 30.4 Å². The van der Waals surface area contributed by atoms with Gasteiger partial charge in [0.25, 0.3) is 11.8 Å². The fourth-order valence-electron chi connectivity index (χ4n) is 3.39. The van der Waals surface area contributed by atoms with Crippen LogP contribution < -0.4 is 14.8 Å². The van der Waals surface area contributed by atoms with Crippen LogP contribution in [0, 0.1) is 0 Å². The van der Waals surface area contributed by atoms with E-state index in [2.05, 4.69) is 5.32 Å². The maximum atomic E-state index is 13.3. The minimum Gasteiger partial charge on any atom is -0.497 e. The van der Waals surface area contributed by atoms with Gasteiger partial charge in [0.15, 0.2) is 0 Å². The van der Waals surface area contributed by atoms with E-state index < -0.39 is 11.8 Å². The Bertz CT molecular complexity index is 1120. The van der Waals surface area contributed by atoms with E-state index in [0.29, 0.717) is 40.7 Å². The van der Waals surface area contributed by atoms with Crippen molar-refractivity contribution in [1.29, 1.82) is 0 Å². The van der Waals surface area contributed by atoms with Crippen molar-refractivity contribution in [1.82, 2.24) is 4.90 Å². The molecule has 1 aliphatic heterocycles. The first kappa shape index (κ1) is 20.3. The second kappa shape index (κ2) is 8.79. The predicted molar refractivity (Wildman–Crippen MR) is 115 cm³/mol. The van der Waals surface area contributed by atoms with Gasteiger partial charge >= 0.3 is 0 Å². The van der Waals surface area contributed by atoms with Gasteiger partial charge in [-0.2, -0.15) is 0 Å². The molecule has 0 bridgehead atoms. The zero-order valence-corrected chi connectivity index (χ0v) is 17.3. The van der Waals surface area contributed by atoms with Crippen molar-refractivity contribution in [2.45, 2.75) is 13.5 Å². The normalized spacial score (nSPS) is 13.7. The number of rotatable bonds is 8. The van der Waals surface area contributed by atoms with E-state index in [4.69, 9.17) is 13.9 Å². The zero-order valence-electron chi connectivity index (χ0n) is 17.3.